The molecule has 0 saturated carbocycles. The maximum Gasteiger partial charge on any atom is 0.242 e. The van der Waals surface area contributed by atoms with E-state index in [0.29, 0.717) is 11.3 Å². The topological polar surface area (TPSA) is 54.8 Å². The molecule has 150 valence electrons. The molecule has 0 unspecified atom stereocenters. The van der Waals surface area contributed by atoms with Gasteiger partial charge in [-0.2, -0.15) is 0 Å². The molecule has 1 atom stereocenters. The number of ether oxygens (including phenoxy) is 1. The van der Waals surface area contributed by atoms with Crippen LogP contribution in [-0.2, 0) is 16.1 Å². The van der Waals surface area contributed by atoms with Crippen molar-refractivity contribution in [1.29, 1.82) is 0 Å². The quantitative estimate of drug-likeness (QED) is 0.809. The zero-order chi connectivity index (χ0) is 19.5. The van der Waals surface area contributed by atoms with Crippen LogP contribution in [0.1, 0.15) is 18.5 Å². The normalized spacial score (nSPS) is 21.2. The summed E-state index contributed by atoms with van der Waals surface area (Å²) in [4.78, 5) is 29.8. The van der Waals surface area contributed by atoms with Crippen molar-refractivity contribution in [3.8, 4) is 0 Å². The first-order valence-corrected chi connectivity index (χ1v) is 10.3. The highest BCUT2D eigenvalue weighted by molar-refractivity contribution is 5.82. The van der Waals surface area contributed by atoms with Gasteiger partial charge in [0.1, 0.15) is 6.54 Å². The summed E-state index contributed by atoms with van der Waals surface area (Å²) in [6.45, 7) is 8.51. The highest BCUT2D eigenvalue weighted by atomic mass is 16.5. The minimum absolute atomic E-state index is 0.0142. The Morgan fingerprint density at radius 1 is 1.18 bits per heavy atom. The van der Waals surface area contributed by atoms with Gasteiger partial charge in [-0.1, -0.05) is 12.1 Å². The summed E-state index contributed by atoms with van der Waals surface area (Å²) in [5.74, 6) is 0.672. The molecule has 2 aliphatic rings. The van der Waals surface area contributed by atoms with Gasteiger partial charge in [0.05, 0.1) is 18.7 Å². The maximum atomic E-state index is 13.1. The highest BCUT2D eigenvalue weighted by Gasteiger charge is 2.26. The summed E-state index contributed by atoms with van der Waals surface area (Å²) in [6.07, 6.45) is 2.24. The zero-order valence-electron chi connectivity index (χ0n) is 16.6. The summed E-state index contributed by atoms with van der Waals surface area (Å²) in [6, 6.07) is 9.17. The Balaban J connectivity index is 1.46. The second-order valence-corrected chi connectivity index (χ2v) is 8.01. The van der Waals surface area contributed by atoms with E-state index in [1.54, 1.807) is 6.07 Å². The smallest absolute Gasteiger partial charge is 0.242 e. The summed E-state index contributed by atoms with van der Waals surface area (Å²) in [5.41, 5.74) is 1.68. The van der Waals surface area contributed by atoms with Crippen LogP contribution in [0, 0.1) is 12.8 Å². The van der Waals surface area contributed by atoms with Gasteiger partial charge in [0.25, 0.3) is 0 Å². The first kappa shape index (κ1) is 19.2. The lowest BCUT2D eigenvalue weighted by molar-refractivity contribution is -0.133. The van der Waals surface area contributed by atoms with Crippen LogP contribution in [0.3, 0.4) is 0 Å². The van der Waals surface area contributed by atoms with Crippen molar-refractivity contribution in [1.82, 2.24) is 14.4 Å². The predicted molar refractivity (Wildman–Crippen MR) is 110 cm³/mol. The first-order chi connectivity index (χ1) is 13.6. The molecule has 1 amide bonds. The molecule has 6 nitrogen and oxygen atoms in total. The Labute approximate surface area is 165 Å². The Morgan fingerprint density at radius 3 is 2.79 bits per heavy atom. The van der Waals surface area contributed by atoms with Crippen molar-refractivity contribution in [3.63, 3.8) is 0 Å². The number of fused-ring (bicyclic) bond motifs is 1. The van der Waals surface area contributed by atoms with Gasteiger partial charge in [0.15, 0.2) is 5.43 Å². The monoisotopic (exact) mass is 383 g/mol. The molecule has 6 heteroatoms. The number of pyridine rings is 1. The van der Waals surface area contributed by atoms with Crippen LogP contribution in [0.15, 0.2) is 35.1 Å². The van der Waals surface area contributed by atoms with E-state index in [1.165, 1.54) is 6.42 Å². The van der Waals surface area contributed by atoms with Gasteiger partial charge in [-0.3, -0.25) is 14.5 Å². The molecule has 3 heterocycles. The first-order valence-electron chi connectivity index (χ1n) is 10.3. The molecule has 2 aromatic rings. The third kappa shape index (κ3) is 4.13. The molecular weight excluding hydrogens is 354 g/mol. The van der Waals surface area contributed by atoms with Gasteiger partial charge in [-0.05, 0) is 37.8 Å². The van der Waals surface area contributed by atoms with Crippen LogP contribution in [-0.4, -0.2) is 66.2 Å². The Morgan fingerprint density at radius 2 is 1.96 bits per heavy atom. The molecule has 0 bridgehead atoms. The Kier molecular flexibility index (Phi) is 5.78. The number of morpholine rings is 1. The lowest BCUT2D eigenvalue weighted by Crippen LogP contribution is -2.47. The van der Waals surface area contributed by atoms with Crippen LogP contribution in [0.2, 0.25) is 0 Å². The number of piperidine rings is 1. The second-order valence-electron chi connectivity index (χ2n) is 8.01. The Hall–Kier alpha value is -2.18. The van der Waals surface area contributed by atoms with Crippen LogP contribution < -0.4 is 5.43 Å². The number of para-hydroxylation sites is 1. The molecule has 2 saturated heterocycles. The molecule has 28 heavy (non-hydrogen) atoms. The molecule has 2 aliphatic heterocycles. The number of likely N-dealkylation sites (tertiary alicyclic amines) is 1. The average Bonchev–Trinajstić information content (AvgIpc) is 2.72. The van der Waals surface area contributed by atoms with Gasteiger partial charge < -0.3 is 14.2 Å². The number of rotatable bonds is 4. The van der Waals surface area contributed by atoms with E-state index in [9.17, 15) is 9.59 Å². The van der Waals surface area contributed by atoms with Gasteiger partial charge in [0, 0.05) is 49.9 Å². The van der Waals surface area contributed by atoms with Crippen LogP contribution in [0.5, 0.6) is 0 Å². The van der Waals surface area contributed by atoms with E-state index >= 15 is 0 Å². The average molecular weight is 383 g/mol. The summed E-state index contributed by atoms with van der Waals surface area (Å²) >= 11 is 0. The fourth-order valence-corrected chi connectivity index (χ4v) is 4.49. The van der Waals surface area contributed by atoms with Crippen LogP contribution in [0.4, 0.5) is 0 Å². The zero-order valence-corrected chi connectivity index (χ0v) is 16.6. The van der Waals surface area contributed by atoms with Crippen molar-refractivity contribution in [2.24, 2.45) is 5.92 Å². The molecule has 0 spiro atoms. The standard InChI is InChI=1S/C22H29N3O3/c1-17-13-21(26)19-6-2-3-7-20(19)25(17)16-22(27)24-8-4-5-18(15-24)14-23-9-11-28-12-10-23/h2-3,6-7,13,18H,4-5,8-12,14-16H2,1H3/t18-/m1/s1. The van der Waals surface area contributed by atoms with Gasteiger partial charge in [-0.15, -0.1) is 0 Å². The van der Waals surface area contributed by atoms with E-state index in [2.05, 4.69) is 4.90 Å². The van der Waals surface area contributed by atoms with E-state index < -0.39 is 0 Å². The lowest BCUT2D eigenvalue weighted by Gasteiger charge is -2.37. The van der Waals surface area contributed by atoms with E-state index in [0.717, 1.165) is 63.6 Å². The highest BCUT2D eigenvalue weighted by Crippen LogP contribution is 2.20. The van der Waals surface area contributed by atoms with Crippen LogP contribution >= 0.6 is 0 Å². The molecule has 0 radical (unpaired) electrons. The number of carbonyl (C=O) groups excluding carboxylic acids is 1. The van der Waals surface area contributed by atoms with Crippen molar-refractivity contribution in [3.05, 3.63) is 46.2 Å². The van der Waals surface area contributed by atoms with Crippen molar-refractivity contribution < 1.29 is 9.53 Å². The Bertz CT molecular complexity index is 902. The molecule has 1 aromatic carbocycles. The van der Waals surface area contributed by atoms with Gasteiger partial charge in [0.2, 0.25) is 5.91 Å². The SMILES string of the molecule is Cc1cc(=O)c2ccccc2n1CC(=O)N1CCC[C@H](CN2CCOCC2)C1. The fraction of sp³-hybridized carbons (Fsp3) is 0.545. The second kappa shape index (κ2) is 8.45. The molecule has 0 N–H and O–H groups in total. The number of hydrogen-bond donors (Lipinski definition) is 0. The van der Waals surface area contributed by atoms with Crippen molar-refractivity contribution in [2.45, 2.75) is 26.3 Å². The minimum Gasteiger partial charge on any atom is -0.379 e. The van der Waals surface area contributed by atoms with Gasteiger partial charge in [-0.25, -0.2) is 0 Å². The summed E-state index contributed by atoms with van der Waals surface area (Å²) in [7, 11) is 0. The number of amides is 1. The number of nitrogens with zero attached hydrogens (tertiary/aromatic N) is 3. The van der Waals surface area contributed by atoms with Crippen molar-refractivity contribution in [2.75, 3.05) is 45.9 Å². The lowest BCUT2D eigenvalue weighted by atomic mass is 9.97. The number of aryl methyl sites for hydroxylation is 1. The molecule has 0 aliphatic carbocycles. The van der Waals surface area contributed by atoms with E-state index in [4.69, 9.17) is 4.74 Å². The molecular formula is C22H29N3O3. The third-order valence-electron chi connectivity index (χ3n) is 6.01. The summed E-state index contributed by atoms with van der Waals surface area (Å²) < 4.78 is 7.41. The molecule has 2 fully saturated rings. The number of aromatic nitrogens is 1. The minimum atomic E-state index is 0.0142. The summed E-state index contributed by atoms with van der Waals surface area (Å²) in [5, 5.41) is 0.671. The molecule has 4 rings (SSSR count). The predicted octanol–water partition coefficient (Wildman–Crippen LogP) is 1.88. The number of hydrogen-bond acceptors (Lipinski definition) is 4. The fourth-order valence-electron chi connectivity index (χ4n) is 4.49. The largest absolute Gasteiger partial charge is 0.379 e. The van der Waals surface area contributed by atoms with E-state index in [1.807, 2.05) is 40.7 Å². The van der Waals surface area contributed by atoms with Crippen molar-refractivity contribution >= 4 is 16.8 Å². The number of benzene rings is 1. The maximum absolute atomic E-state index is 13.1. The third-order valence-corrected chi connectivity index (χ3v) is 6.01. The number of carbonyl (C=O) groups is 1. The van der Waals surface area contributed by atoms with Gasteiger partial charge >= 0.3 is 0 Å². The van der Waals surface area contributed by atoms with Crippen LogP contribution in [0.25, 0.3) is 10.9 Å². The van der Waals surface area contributed by atoms with E-state index in [-0.39, 0.29) is 17.9 Å². The molecule has 1 aromatic heterocycles.